The molecule has 30 heavy (non-hydrogen) atoms. The predicted octanol–water partition coefficient (Wildman–Crippen LogP) is 4.83. The van der Waals surface area contributed by atoms with Crippen LogP contribution in [0.15, 0.2) is 36.4 Å². The number of aromatic nitrogens is 2. The zero-order valence-corrected chi connectivity index (χ0v) is 17.9. The number of methoxy groups -OCH3 is 1. The number of H-pyrrole nitrogens is 1. The number of anilines is 1. The fraction of sp³-hybridized carbons (Fsp3) is 0.375. The number of amides is 1. The summed E-state index contributed by atoms with van der Waals surface area (Å²) in [5.41, 5.74) is 4.56. The van der Waals surface area contributed by atoms with Crippen molar-refractivity contribution in [1.82, 2.24) is 9.97 Å². The number of aromatic amines is 1. The molecule has 0 spiro atoms. The molecule has 6 nitrogen and oxygen atoms in total. The molecular formula is C24H27N3O3. The fourth-order valence-corrected chi connectivity index (χ4v) is 4.09. The zero-order chi connectivity index (χ0) is 21.5. The number of nitrogens with zero attached hydrogens (tertiary/aromatic N) is 2. The molecule has 1 aliphatic rings. The minimum absolute atomic E-state index is 0.153. The number of ether oxygens (including phenoxy) is 1. The average Bonchev–Trinajstić information content (AvgIpc) is 3.25. The van der Waals surface area contributed by atoms with E-state index in [2.05, 4.69) is 18.0 Å². The molecule has 156 valence electrons. The van der Waals surface area contributed by atoms with Gasteiger partial charge < -0.3 is 14.6 Å². The molecule has 0 radical (unpaired) electrons. The van der Waals surface area contributed by atoms with Gasteiger partial charge >= 0.3 is 5.97 Å². The van der Waals surface area contributed by atoms with Gasteiger partial charge in [-0.2, -0.15) is 0 Å². The Balaban J connectivity index is 1.71. The second kappa shape index (κ2) is 7.59. The number of hydrogen-bond donors (Lipinski definition) is 1. The van der Waals surface area contributed by atoms with Crippen LogP contribution in [0.2, 0.25) is 0 Å². The standard InChI is InChI=1S/C24H27N3O3/c1-5-6-7-12-27-20-14-19-18(13-17(20)24(2,3)23(27)29)25-21(26-19)15-8-10-16(11-9-15)22(28)30-4/h8-11,13-14H,5-7,12H2,1-4H3,(H,25,26). The summed E-state index contributed by atoms with van der Waals surface area (Å²) < 4.78 is 4.75. The molecule has 0 fully saturated rings. The number of benzene rings is 2. The van der Waals surface area contributed by atoms with Crippen LogP contribution in [0.5, 0.6) is 0 Å². The minimum atomic E-state index is -0.552. The van der Waals surface area contributed by atoms with Crippen molar-refractivity contribution in [3.63, 3.8) is 0 Å². The molecule has 1 aliphatic heterocycles. The van der Waals surface area contributed by atoms with Crippen molar-refractivity contribution in [2.45, 2.75) is 45.4 Å². The van der Waals surface area contributed by atoms with Crippen molar-refractivity contribution < 1.29 is 14.3 Å². The average molecular weight is 405 g/mol. The summed E-state index contributed by atoms with van der Waals surface area (Å²) in [6.45, 7) is 6.88. The van der Waals surface area contributed by atoms with E-state index in [0.29, 0.717) is 5.56 Å². The van der Waals surface area contributed by atoms with Crippen molar-refractivity contribution in [2.75, 3.05) is 18.6 Å². The van der Waals surface area contributed by atoms with Crippen LogP contribution in [-0.4, -0.2) is 35.5 Å². The number of unbranched alkanes of at least 4 members (excludes halogenated alkanes) is 2. The molecule has 1 N–H and O–H groups in total. The van der Waals surface area contributed by atoms with Crippen LogP contribution in [0.4, 0.5) is 5.69 Å². The van der Waals surface area contributed by atoms with E-state index >= 15 is 0 Å². The maximum Gasteiger partial charge on any atom is 0.337 e. The highest BCUT2D eigenvalue weighted by atomic mass is 16.5. The van der Waals surface area contributed by atoms with E-state index in [9.17, 15) is 9.59 Å². The van der Waals surface area contributed by atoms with E-state index in [1.54, 1.807) is 12.1 Å². The summed E-state index contributed by atoms with van der Waals surface area (Å²) in [6.07, 6.45) is 3.22. The van der Waals surface area contributed by atoms with Crippen LogP contribution in [0.1, 0.15) is 56.0 Å². The van der Waals surface area contributed by atoms with Crippen LogP contribution in [0.25, 0.3) is 22.4 Å². The minimum Gasteiger partial charge on any atom is -0.465 e. The molecule has 2 aromatic carbocycles. The maximum atomic E-state index is 13.0. The SMILES string of the molecule is CCCCCN1C(=O)C(C)(C)c2cc3[nH]c(-c4ccc(C(=O)OC)cc4)nc3cc21. The Labute approximate surface area is 176 Å². The van der Waals surface area contributed by atoms with Gasteiger partial charge in [0.25, 0.3) is 0 Å². The van der Waals surface area contributed by atoms with Gasteiger partial charge in [-0.3, -0.25) is 4.79 Å². The molecule has 1 amide bonds. The van der Waals surface area contributed by atoms with Gasteiger partial charge in [0.15, 0.2) is 0 Å². The summed E-state index contributed by atoms with van der Waals surface area (Å²) in [6, 6.07) is 11.2. The van der Waals surface area contributed by atoms with E-state index in [1.165, 1.54) is 7.11 Å². The summed E-state index contributed by atoms with van der Waals surface area (Å²) in [7, 11) is 1.37. The van der Waals surface area contributed by atoms with Crippen molar-refractivity contribution in [3.05, 3.63) is 47.5 Å². The first-order valence-corrected chi connectivity index (χ1v) is 10.4. The molecule has 1 aromatic heterocycles. The smallest absolute Gasteiger partial charge is 0.337 e. The Morgan fingerprint density at radius 2 is 1.90 bits per heavy atom. The monoisotopic (exact) mass is 405 g/mol. The lowest BCUT2D eigenvalue weighted by molar-refractivity contribution is -0.122. The molecule has 0 bridgehead atoms. The van der Waals surface area contributed by atoms with Crippen molar-refractivity contribution >= 4 is 28.6 Å². The highest BCUT2D eigenvalue weighted by molar-refractivity contribution is 6.09. The molecule has 0 unspecified atom stereocenters. The number of esters is 1. The molecule has 6 heteroatoms. The lowest BCUT2D eigenvalue weighted by atomic mass is 9.86. The normalized spacial score (nSPS) is 14.9. The molecule has 0 atom stereocenters. The number of fused-ring (bicyclic) bond motifs is 2. The van der Waals surface area contributed by atoms with E-state index in [0.717, 1.165) is 59.5 Å². The van der Waals surface area contributed by atoms with Crippen molar-refractivity contribution in [2.24, 2.45) is 0 Å². The molecule has 0 aliphatic carbocycles. The third kappa shape index (κ3) is 3.26. The molecule has 4 rings (SSSR count). The van der Waals surface area contributed by atoms with Gasteiger partial charge in [0, 0.05) is 12.1 Å². The van der Waals surface area contributed by atoms with E-state index in [1.807, 2.05) is 36.9 Å². The molecule has 2 heterocycles. The fourth-order valence-electron chi connectivity index (χ4n) is 4.09. The van der Waals surface area contributed by atoms with Crippen LogP contribution < -0.4 is 4.90 Å². The number of rotatable bonds is 6. The Kier molecular flexibility index (Phi) is 5.10. The van der Waals surface area contributed by atoms with Gasteiger partial charge in [-0.05, 0) is 50.1 Å². The van der Waals surface area contributed by atoms with Gasteiger partial charge in [-0.1, -0.05) is 31.9 Å². The van der Waals surface area contributed by atoms with Crippen LogP contribution in [0, 0.1) is 0 Å². The number of nitrogens with one attached hydrogen (secondary N) is 1. The Morgan fingerprint density at radius 3 is 2.57 bits per heavy atom. The Hall–Kier alpha value is -3.15. The van der Waals surface area contributed by atoms with Gasteiger partial charge in [-0.25, -0.2) is 9.78 Å². The van der Waals surface area contributed by atoms with Crippen LogP contribution in [-0.2, 0) is 14.9 Å². The van der Waals surface area contributed by atoms with Gasteiger partial charge in [0.2, 0.25) is 5.91 Å². The highest BCUT2D eigenvalue weighted by Gasteiger charge is 2.43. The summed E-state index contributed by atoms with van der Waals surface area (Å²) in [5.74, 6) is 0.518. The number of imidazole rings is 1. The largest absolute Gasteiger partial charge is 0.465 e. The molecule has 0 saturated carbocycles. The third-order valence-corrected chi connectivity index (χ3v) is 5.91. The van der Waals surface area contributed by atoms with E-state index in [-0.39, 0.29) is 11.9 Å². The Morgan fingerprint density at radius 1 is 1.17 bits per heavy atom. The lowest BCUT2D eigenvalue weighted by Crippen LogP contribution is -2.36. The number of hydrogen-bond acceptors (Lipinski definition) is 4. The predicted molar refractivity (Wildman–Crippen MR) is 118 cm³/mol. The summed E-state index contributed by atoms with van der Waals surface area (Å²) >= 11 is 0. The maximum absolute atomic E-state index is 13.0. The Bertz CT molecular complexity index is 1110. The number of carbonyl (C=O) groups is 2. The first kappa shape index (κ1) is 20.1. The topological polar surface area (TPSA) is 75.3 Å². The summed E-state index contributed by atoms with van der Waals surface area (Å²) in [4.78, 5) is 34.7. The quantitative estimate of drug-likeness (QED) is 0.471. The molecular weight excluding hydrogens is 378 g/mol. The van der Waals surface area contributed by atoms with Crippen molar-refractivity contribution in [1.29, 1.82) is 0 Å². The van der Waals surface area contributed by atoms with Crippen LogP contribution in [0.3, 0.4) is 0 Å². The second-order valence-electron chi connectivity index (χ2n) is 8.33. The van der Waals surface area contributed by atoms with Crippen molar-refractivity contribution in [3.8, 4) is 11.4 Å². The lowest BCUT2D eigenvalue weighted by Gasteiger charge is -2.20. The molecule has 3 aromatic rings. The highest BCUT2D eigenvalue weighted by Crippen LogP contribution is 2.43. The van der Waals surface area contributed by atoms with Crippen LogP contribution >= 0.6 is 0 Å². The van der Waals surface area contributed by atoms with E-state index in [4.69, 9.17) is 9.72 Å². The zero-order valence-electron chi connectivity index (χ0n) is 17.9. The van der Waals surface area contributed by atoms with Gasteiger partial charge in [0.1, 0.15) is 5.82 Å². The van der Waals surface area contributed by atoms with E-state index < -0.39 is 5.41 Å². The first-order valence-electron chi connectivity index (χ1n) is 10.4. The molecule has 0 saturated heterocycles. The summed E-state index contributed by atoms with van der Waals surface area (Å²) in [5, 5.41) is 0. The number of carbonyl (C=O) groups excluding carboxylic acids is 2. The third-order valence-electron chi connectivity index (χ3n) is 5.91. The second-order valence-corrected chi connectivity index (χ2v) is 8.33. The van der Waals surface area contributed by atoms with Gasteiger partial charge in [0.05, 0.1) is 34.8 Å². The van der Waals surface area contributed by atoms with Gasteiger partial charge in [-0.15, -0.1) is 0 Å². The first-order chi connectivity index (χ1) is 14.4.